The maximum Gasteiger partial charge on any atom is 0.261 e. The maximum absolute atomic E-state index is 12.4. The largest absolute Gasteiger partial charge is 0.496 e. The van der Waals surface area contributed by atoms with Crippen LogP contribution in [0.15, 0.2) is 53.3 Å². The standard InChI is InChI=1S/C19H19N3O3/c1-22-17(21-15-9-5-3-7-13(15)19(22)24)11-12-20-18(23)14-8-4-6-10-16(14)25-2/h3-10H,11-12H2,1-2H3,(H,20,23). The molecule has 25 heavy (non-hydrogen) atoms. The molecule has 6 nitrogen and oxygen atoms in total. The van der Waals surface area contributed by atoms with E-state index in [2.05, 4.69) is 10.3 Å². The fourth-order valence-corrected chi connectivity index (χ4v) is 2.70. The average molecular weight is 337 g/mol. The normalized spacial score (nSPS) is 10.6. The molecular weight excluding hydrogens is 318 g/mol. The van der Waals surface area contributed by atoms with E-state index in [0.29, 0.717) is 41.0 Å². The van der Waals surface area contributed by atoms with Crippen LogP contribution in [0.25, 0.3) is 10.9 Å². The Kier molecular flexibility index (Phi) is 4.79. The van der Waals surface area contributed by atoms with Gasteiger partial charge in [-0.1, -0.05) is 24.3 Å². The summed E-state index contributed by atoms with van der Waals surface area (Å²) < 4.78 is 6.72. The van der Waals surface area contributed by atoms with Crippen LogP contribution in [0, 0.1) is 0 Å². The average Bonchev–Trinajstić information content (AvgIpc) is 2.65. The summed E-state index contributed by atoms with van der Waals surface area (Å²) in [6.45, 7) is 0.371. The van der Waals surface area contributed by atoms with Crippen molar-refractivity contribution in [1.82, 2.24) is 14.9 Å². The van der Waals surface area contributed by atoms with Crippen molar-refractivity contribution in [2.24, 2.45) is 7.05 Å². The van der Waals surface area contributed by atoms with E-state index >= 15 is 0 Å². The van der Waals surface area contributed by atoms with Crippen LogP contribution in [0.5, 0.6) is 5.75 Å². The molecule has 3 rings (SSSR count). The van der Waals surface area contributed by atoms with Crippen molar-refractivity contribution < 1.29 is 9.53 Å². The Balaban J connectivity index is 1.74. The first kappa shape index (κ1) is 16.7. The van der Waals surface area contributed by atoms with Gasteiger partial charge >= 0.3 is 0 Å². The van der Waals surface area contributed by atoms with E-state index in [1.54, 1.807) is 31.3 Å². The highest BCUT2D eigenvalue weighted by Gasteiger charge is 2.12. The van der Waals surface area contributed by atoms with Crippen LogP contribution in [-0.2, 0) is 13.5 Å². The van der Waals surface area contributed by atoms with Crippen LogP contribution in [-0.4, -0.2) is 29.1 Å². The molecule has 0 aliphatic heterocycles. The van der Waals surface area contributed by atoms with Gasteiger partial charge in [0.05, 0.1) is 23.6 Å². The monoisotopic (exact) mass is 337 g/mol. The molecular formula is C19H19N3O3. The van der Waals surface area contributed by atoms with Crippen molar-refractivity contribution >= 4 is 16.8 Å². The number of carbonyl (C=O) groups is 1. The summed E-state index contributed by atoms with van der Waals surface area (Å²) in [6, 6.07) is 14.3. The van der Waals surface area contributed by atoms with E-state index in [4.69, 9.17) is 4.74 Å². The first-order valence-electron chi connectivity index (χ1n) is 7.97. The molecule has 0 aliphatic rings. The van der Waals surface area contributed by atoms with Gasteiger partial charge in [0.25, 0.3) is 11.5 Å². The third kappa shape index (κ3) is 3.38. The molecule has 0 saturated heterocycles. The molecule has 6 heteroatoms. The van der Waals surface area contributed by atoms with Gasteiger partial charge in [-0.05, 0) is 24.3 Å². The second-order valence-electron chi connectivity index (χ2n) is 5.62. The summed E-state index contributed by atoms with van der Waals surface area (Å²) in [7, 11) is 3.22. The van der Waals surface area contributed by atoms with Gasteiger partial charge in [-0.15, -0.1) is 0 Å². The Labute approximate surface area is 145 Å². The van der Waals surface area contributed by atoms with Gasteiger partial charge in [0.2, 0.25) is 0 Å². The third-order valence-corrected chi connectivity index (χ3v) is 4.06. The SMILES string of the molecule is COc1ccccc1C(=O)NCCc1nc2ccccc2c(=O)n1C. The van der Waals surface area contributed by atoms with E-state index < -0.39 is 0 Å². The van der Waals surface area contributed by atoms with Gasteiger partial charge < -0.3 is 10.1 Å². The summed E-state index contributed by atoms with van der Waals surface area (Å²) in [6.07, 6.45) is 0.456. The van der Waals surface area contributed by atoms with Crippen LogP contribution in [0.2, 0.25) is 0 Å². The summed E-state index contributed by atoms with van der Waals surface area (Å²) in [4.78, 5) is 29.2. The van der Waals surface area contributed by atoms with E-state index in [1.807, 2.05) is 24.3 Å². The summed E-state index contributed by atoms with van der Waals surface area (Å²) in [5, 5.41) is 3.43. The van der Waals surface area contributed by atoms with Gasteiger partial charge in [-0.3, -0.25) is 14.2 Å². The fraction of sp³-hybridized carbons (Fsp3) is 0.211. The molecule has 2 aromatic carbocycles. The molecule has 0 fully saturated rings. The maximum atomic E-state index is 12.4. The van der Waals surface area contributed by atoms with Gasteiger partial charge in [-0.25, -0.2) is 4.98 Å². The van der Waals surface area contributed by atoms with Crippen molar-refractivity contribution in [1.29, 1.82) is 0 Å². The molecule has 1 N–H and O–H groups in total. The van der Waals surface area contributed by atoms with E-state index in [1.165, 1.54) is 11.7 Å². The van der Waals surface area contributed by atoms with Crippen molar-refractivity contribution in [3.63, 3.8) is 0 Å². The first-order valence-corrected chi connectivity index (χ1v) is 7.97. The number of nitrogens with zero attached hydrogens (tertiary/aromatic N) is 2. The number of amides is 1. The first-order chi connectivity index (χ1) is 12.1. The van der Waals surface area contributed by atoms with Gasteiger partial charge in [-0.2, -0.15) is 0 Å². The van der Waals surface area contributed by atoms with Gasteiger partial charge in [0.1, 0.15) is 11.6 Å². The molecule has 128 valence electrons. The lowest BCUT2D eigenvalue weighted by molar-refractivity contribution is 0.0951. The van der Waals surface area contributed by atoms with E-state index in [-0.39, 0.29) is 11.5 Å². The Morgan fingerprint density at radius 1 is 1.16 bits per heavy atom. The van der Waals surface area contributed by atoms with Crippen molar-refractivity contribution in [2.75, 3.05) is 13.7 Å². The second-order valence-corrected chi connectivity index (χ2v) is 5.62. The molecule has 0 bridgehead atoms. The zero-order chi connectivity index (χ0) is 17.8. The number of nitrogens with one attached hydrogen (secondary N) is 1. The quantitative estimate of drug-likeness (QED) is 0.772. The lowest BCUT2D eigenvalue weighted by Crippen LogP contribution is -2.29. The number of hydrogen-bond acceptors (Lipinski definition) is 4. The minimum absolute atomic E-state index is 0.0864. The number of benzene rings is 2. The van der Waals surface area contributed by atoms with Crippen molar-refractivity contribution in [3.05, 3.63) is 70.3 Å². The van der Waals surface area contributed by atoms with Crippen LogP contribution < -0.4 is 15.6 Å². The summed E-state index contributed by atoms with van der Waals surface area (Å²) in [5.41, 5.74) is 1.05. The third-order valence-electron chi connectivity index (χ3n) is 4.06. The lowest BCUT2D eigenvalue weighted by atomic mass is 10.2. The zero-order valence-corrected chi connectivity index (χ0v) is 14.2. The van der Waals surface area contributed by atoms with Crippen molar-refractivity contribution in [3.8, 4) is 5.75 Å². The minimum atomic E-state index is -0.219. The predicted octanol–water partition coefficient (Wildman–Crippen LogP) is 1.91. The number of aromatic nitrogens is 2. The Hall–Kier alpha value is -3.15. The molecule has 3 aromatic rings. The molecule has 1 heterocycles. The van der Waals surface area contributed by atoms with Gasteiger partial charge in [0.15, 0.2) is 0 Å². The molecule has 1 amide bonds. The Bertz CT molecular complexity index is 979. The Morgan fingerprint density at radius 3 is 2.68 bits per heavy atom. The number of carbonyl (C=O) groups excluding carboxylic acids is 1. The molecule has 1 aromatic heterocycles. The van der Waals surface area contributed by atoms with Crippen LogP contribution >= 0.6 is 0 Å². The van der Waals surface area contributed by atoms with Crippen LogP contribution in [0.3, 0.4) is 0 Å². The lowest BCUT2D eigenvalue weighted by Gasteiger charge is -2.11. The topological polar surface area (TPSA) is 73.2 Å². The smallest absolute Gasteiger partial charge is 0.261 e. The Morgan fingerprint density at radius 2 is 1.88 bits per heavy atom. The van der Waals surface area contributed by atoms with Crippen LogP contribution in [0.1, 0.15) is 16.2 Å². The summed E-state index contributed by atoms with van der Waals surface area (Å²) >= 11 is 0. The molecule has 0 spiro atoms. The van der Waals surface area contributed by atoms with Crippen molar-refractivity contribution in [2.45, 2.75) is 6.42 Å². The highest BCUT2D eigenvalue weighted by Crippen LogP contribution is 2.16. The molecule has 0 unspecified atom stereocenters. The fourth-order valence-electron chi connectivity index (χ4n) is 2.70. The van der Waals surface area contributed by atoms with E-state index in [0.717, 1.165) is 0 Å². The zero-order valence-electron chi connectivity index (χ0n) is 14.2. The van der Waals surface area contributed by atoms with E-state index in [9.17, 15) is 9.59 Å². The predicted molar refractivity (Wildman–Crippen MR) is 96.0 cm³/mol. The van der Waals surface area contributed by atoms with Crippen LogP contribution in [0.4, 0.5) is 0 Å². The number of hydrogen-bond donors (Lipinski definition) is 1. The number of rotatable bonds is 5. The minimum Gasteiger partial charge on any atom is -0.496 e. The molecule has 0 atom stereocenters. The molecule has 0 aliphatic carbocycles. The number of ether oxygens (including phenoxy) is 1. The highest BCUT2D eigenvalue weighted by atomic mass is 16.5. The number of para-hydroxylation sites is 2. The number of methoxy groups -OCH3 is 1. The van der Waals surface area contributed by atoms with Gasteiger partial charge in [0, 0.05) is 20.0 Å². The molecule has 0 saturated carbocycles. The molecule has 0 radical (unpaired) electrons. The summed E-state index contributed by atoms with van der Waals surface area (Å²) in [5.74, 6) is 0.934. The highest BCUT2D eigenvalue weighted by molar-refractivity contribution is 5.96. The second kappa shape index (κ2) is 7.17. The number of fused-ring (bicyclic) bond motifs is 1.